The van der Waals surface area contributed by atoms with Crippen LogP contribution in [0, 0.1) is 0 Å². The number of ether oxygens (including phenoxy) is 1. The Morgan fingerprint density at radius 3 is 2.96 bits per heavy atom. The van der Waals surface area contributed by atoms with Crippen molar-refractivity contribution in [2.45, 2.75) is 25.4 Å². The van der Waals surface area contributed by atoms with Crippen LogP contribution in [-0.2, 0) is 10.3 Å². The van der Waals surface area contributed by atoms with Crippen LogP contribution >= 0.6 is 0 Å². The molecule has 131 valence electrons. The summed E-state index contributed by atoms with van der Waals surface area (Å²) < 4.78 is 7.65. The molecule has 0 aliphatic carbocycles. The third-order valence-corrected chi connectivity index (χ3v) is 5.25. The number of benzene rings is 1. The second-order valence-corrected chi connectivity index (χ2v) is 6.86. The number of anilines is 1. The third kappa shape index (κ3) is 1.96. The predicted octanol–water partition coefficient (Wildman–Crippen LogP) is 1.99. The third-order valence-electron chi connectivity index (χ3n) is 5.25. The summed E-state index contributed by atoms with van der Waals surface area (Å²) in [5, 5.41) is 8.33. The SMILES string of the molecule is CN1C(=O)c2ccccc2[N+]2C=NC(n3nncc3C3(C)CCCO3)=C12. The molecule has 1 saturated heterocycles. The molecule has 8 nitrogen and oxygen atoms in total. The maximum absolute atomic E-state index is 12.8. The molecule has 5 rings (SSSR count). The minimum Gasteiger partial charge on any atom is -0.369 e. The standard InChI is InChI=1S/C18H18N6O2/c1-18(8-5-9-26-18)14-10-20-21-24(14)15-16-22(2)17(25)12-6-3-4-7-13(12)23(16)11-19-15/h3-4,6-7,10-11H,5,8-9H2,1-2H3/q+1. The molecule has 0 bridgehead atoms. The summed E-state index contributed by atoms with van der Waals surface area (Å²) >= 11 is 0. The van der Waals surface area contributed by atoms with E-state index >= 15 is 0 Å². The lowest BCUT2D eigenvalue weighted by molar-refractivity contribution is 0.0114. The molecule has 26 heavy (non-hydrogen) atoms. The van der Waals surface area contributed by atoms with Gasteiger partial charge in [-0.25, -0.2) is 0 Å². The maximum atomic E-state index is 12.8. The van der Waals surface area contributed by atoms with Crippen molar-refractivity contribution in [1.29, 1.82) is 0 Å². The Morgan fingerprint density at radius 2 is 2.15 bits per heavy atom. The highest BCUT2D eigenvalue weighted by molar-refractivity contribution is 6.06. The summed E-state index contributed by atoms with van der Waals surface area (Å²) in [5.41, 5.74) is 1.86. The van der Waals surface area contributed by atoms with Crippen LogP contribution in [0.2, 0.25) is 0 Å². The van der Waals surface area contributed by atoms with E-state index in [1.54, 1.807) is 29.2 Å². The monoisotopic (exact) mass is 350 g/mol. The zero-order chi connectivity index (χ0) is 17.9. The summed E-state index contributed by atoms with van der Waals surface area (Å²) in [6.45, 7) is 2.76. The average Bonchev–Trinajstić information content (AvgIpc) is 3.38. The number of hydrogen-bond donors (Lipinski definition) is 0. The van der Waals surface area contributed by atoms with E-state index in [0.717, 1.165) is 30.8 Å². The van der Waals surface area contributed by atoms with E-state index in [9.17, 15) is 4.79 Å². The van der Waals surface area contributed by atoms with Crippen LogP contribution < -0.4 is 4.90 Å². The lowest BCUT2D eigenvalue weighted by Gasteiger charge is -2.25. The van der Waals surface area contributed by atoms with E-state index in [1.165, 1.54) is 0 Å². The first-order valence-electron chi connectivity index (χ1n) is 8.60. The van der Waals surface area contributed by atoms with Gasteiger partial charge in [-0.2, -0.15) is 9.67 Å². The lowest BCUT2D eigenvalue weighted by Crippen LogP contribution is -2.41. The normalized spacial score (nSPS) is 25.2. The zero-order valence-electron chi connectivity index (χ0n) is 14.6. The van der Waals surface area contributed by atoms with Gasteiger partial charge < -0.3 is 4.74 Å². The van der Waals surface area contributed by atoms with E-state index in [4.69, 9.17) is 4.74 Å². The van der Waals surface area contributed by atoms with Gasteiger partial charge >= 0.3 is 5.82 Å². The molecule has 1 unspecified atom stereocenters. The Bertz CT molecular complexity index is 970. The Balaban J connectivity index is 1.68. The lowest BCUT2D eigenvalue weighted by atomic mass is 9.99. The highest BCUT2D eigenvalue weighted by Gasteiger charge is 2.48. The maximum Gasteiger partial charge on any atom is 0.318 e. The molecule has 0 N–H and O–H groups in total. The highest BCUT2D eigenvalue weighted by Crippen LogP contribution is 2.40. The van der Waals surface area contributed by atoms with Crippen LogP contribution in [0.5, 0.6) is 0 Å². The number of rotatable bonds is 2. The number of hydrogen-bond acceptors (Lipinski definition) is 6. The molecule has 1 atom stereocenters. The number of fused-ring (bicyclic) bond motifs is 3. The fourth-order valence-corrected chi connectivity index (χ4v) is 3.84. The molecule has 8 heteroatoms. The van der Waals surface area contributed by atoms with Gasteiger partial charge in [0.25, 0.3) is 12.2 Å². The minimum absolute atomic E-state index is 0.0696. The number of para-hydroxylation sites is 1. The molecule has 4 heterocycles. The van der Waals surface area contributed by atoms with Crippen LogP contribution in [-0.4, -0.2) is 45.8 Å². The van der Waals surface area contributed by atoms with Crippen molar-refractivity contribution in [3.63, 3.8) is 0 Å². The van der Waals surface area contributed by atoms with Crippen LogP contribution in [0.15, 0.2) is 41.3 Å². The quantitative estimate of drug-likeness (QED) is 0.776. The summed E-state index contributed by atoms with van der Waals surface area (Å²) in [5.74, 6) is 1.17. The molecule has 0 spiro atoms. The molecular weight excluding hydrogens is 332 g/mol. The van der Waals surface area contributed by atoms with Crippen LogP contribution in [0.4, 0.5) is 5.69 Å². The minimum atomic E-state index is -0.449. The van der Waals surface area contributed by atoms with Gasteiger partial charge in [0.05, 0.1) is 11.9 Å². The Kier molecular flexibility index (Phi) is 3.16. The number of aromatic nitrogens is 3. The predicted molar refractivity (Wildman–Crippen MR) is 94.6 cm³/mol. The Labute approximate surface area is 150 Å². The molecule has 3 aliphatic heterocycles. The molecule has 2 aromatic rings. The van der Waals surface area contributed by atoms with Gasteiger partial charge in [0.15, 0.2) is 0 Å². The highest BCUT2D eigenvalue weighted by atomic mass is 16.5. The van der Waals surface area contributed by atoms with E-state index in [-0.39, 0.29) is 5.91 Å². The first-order valence-corrected chi connectivity index (χ1v) is 8.60. The summed E-state index contributed by atoms with van der Waals surface area (Å²) in [7, 11) is 1.75. The largest absolute Gasteiger partial charge is 0.369 e. The van der Waals surface area contributed by atoms with Crippen LogP contribution in [0.3, 0.4) is 0 Å². The molecule has 1 radical (unpaired) electrons. The van der Waals surface area contributed by atoms with E-state index in [2.05, 4.69) is 15.3 Å². The first-order chi connectivity index (χ1) is 12.6. The first kappa shape index (κ1) is 15.4. The topological polar surface area (TPSA) is 78.5 Å². The van der Waals surface area contributed by atoms with Crippen LogP contribution in [0.1, 0.15) is 35.8 Å². The van der Waals surface area contributed by atoms with E-state index < -0.39 is 5.60 Å². The molecule has 1 aromatic heterocycles. The van der Waals surface area contributed by atoms with Gasteiger partial charge in [0.1, 0.15) is 11.2 Å². The van der Waals surface area contributed by atoms with Crippen molar-refractivity contribution in [2.75, 3.05) is 13.7 Å². The Hall–Kier alpha value is -2.84. The molecule has 3 aliphatic rings. The van der Waals surface area contributed by atoms with Crippen LogP contribution in [0.25, 0.3) is 5.82 Å². The van der Waals surface area contributed by atoms with Gasteiger partial charge in [-0.1, -0.05) is 17.3 Å². The van der Waals surface area contributed by atoms with Gasteiger partial charge in [-0.3, -0.25) is 9.69 Å². The zero-order valence-corrected chi connectivity index (χ0v) is 14.6. The molecule has 0 saturated carbocycles. The molecular formula is C18H18N6O2+. The van der Waals surface area contributed by atoms with Crippen molar-refractivity contribution in [3.05, 3.63) is 47.5 Å². The van der Waals surface area contributed by atoms with Gasteiger partial charge in [-0.15, -0.1) is 5.10 Å². The average molecular weight is 350 g/mol. The Morgan fingerprint density at radius 1 is 1.31 bits per heavy atom. The van der Waals surface area contributed by atoms with Crippen molar-refractivity contribution < 1.29 is 9.53 Å². The number of carbonyl (C=O) groups is 1. The van der Waals surface area contributed by atoms with Gasteiger partial charge in [0.2, 0.25) is 11.5 Å². The molecule has 1 amide bonds. The summed E-state index contributed by atoms with van der Waals surface area (Å²) in [4.78, 5) is 20.9. The van der Waals surface area contributed by atoms with E-state index in [0.29, 0.717) is 17.2 Å². The summed E-state index contributed by atoms with van der Waals surface area (Å²) in [6.07, 6.45) is 5.33. The molecule has 1 aromatic carbocycles. The molecule has 1 fully saturated rings. The van der Waals surface area contributed by atoms with Crippen molar-refractivity contribution >= 4 is 23.8 Å². The number of nitrogens with zero attached hydrogens (tertiary/aromatic N) is 6. The van der Waals surface area contributed by atoms with Crippen molar-refractivity contribution in [2.24, 2.45) is 4.99 Å². The second kappa shape index (κ2) is 5.33. The smallest absolute Gasteiger partial charge is 0.318 e. The van der Waals surface area contributed by atoms with Crippen molar-refractivity contribution in [1.82, 2.24) is 24.8 Å². The fraction of sp³-hybridized carbons (Fsp3) is 0.333. The number of aliphatic imine (C=N–C) groups is 1. The number of amides is 1. The summed E-state index contributed by atoms with van der Waals surface area (Å²) in [6, 6.07) is 7.51. The van der Waals surface area contributed by atoms with E-state index in [1.807, 2.05) is 36.1 Å². The second-order valence-electron chi connectivity index (χ2n) is 6.86. The fourth-order valence-electron chi connectivity index (χ4n) is 3.84. The number of carbonyl (C=O) groups excluding carboxylic acids is 1. The van der Waals surface area contributed by atoms with Gasteiger partial charge in [-0.05, 0) is 30.7 Å². The van der Waals surface area contributed by atoms with Crippen molar-refractivity contribution in [3.8, 4) is 0 Å². The van der Waals surface area contributed by atoms with Gasteiger partial charge in [0, 0.05) is 19.7 Å².